The molecular formula is C25H49NO. The monoisotopic (exact) mass is 379 g/mol. The van der Waals surface area contributed by atoms with Crippen molar-refractivity contribution in [2.24, 2.45) is 23.2 Å². The predicted octanol–water partition coefficient (Wildman–Crippen LogP) is 6.97. The van der Waals surface area contributed by atoms with Gasteiger partial charge >= 0.3 is 0 Å². The second-order valence-electron chi connectivity index (χ2n) is 9.53. The van der Waals surface area contributed by atoms with Crippen LogP contribution in [0.5, 0.6) is 0 Å². The maximum Gasteiger partial charge on any atom is 0.0583 e. The summed E-state index contributed by atoms with van der Waals surface area (Å²) in [5.74, 6) is 2.46. The van der Waals surface area contributed by atoms with Crippen LogP contribution in [0.1, 0.15) is 112 Å². The van der Waals surface area contributed by atoms with Crippen molar-refractivity contribution >= 4 is 0 Å². The first-order valence-corrected chi connectivity index (χ1v) is 12.5. The van der Waals surface area contributed by atoms with Crippen LogP contribution >= 0.6 is 0 Å². The Morgan fingerprint density at radius 1 is 0.963 bits per heavy atom. The van der Waals surface area contributed by atoms with Crippen LogP contribution in [-0.2, 0) is 4.74 Å². The largest absolute Gasteiger partial charge is 0.378 e. The third-order valence-electron chi connectivity index (χ3n) is 8.29. The van der Waals surface area contributed by atoms with Crippen molar-refractivity contribution in [3.8, 4) is 0 Å². The molecule has 160 valence electrons. The molecular weight excluding hydrogens is 330 g/mol. The summed E-state index contributed by atoms with van der Waals surface area (Å²) < 4.78 is 6.35. The van der Waals surface area contributed by atoms with Gasteiger partial charge in [0, 0.05) is 12.6 Å². The molecule has 0 aromatic carbocycles. The quantitative estimate of drug-likeness (QED) is 0.370. The van der Waals surface area contributed by atoms with E-state index < -0.39 is 0 Å². The number of fused-ring (bicyclic) bond motifs is 1. The van der Waals surface area contributed by atoms with Crippen molar-refractivity contribution in [2.75, 3.05) is 13.2 Å². The molecule has 2 nitrogen and oxygen atoms in total. The molecule has 0 aromatic rings. The smallest absolute Gasteiger partial charge is 0.0583 e. The Morgan fingerprint density at radius 2 is 1.70 bits per heavy atom. The van der Waals surface area contributed by atoms with Crippen molar-refractivity contribution < 1.29 is 4.74 Å². The van der Waals surface area contributed by atoms with Crippen molar-refractivity contribution in [2.45, 2.75) is 124 Å². The SMILES string of the molecule is CCCCCCC(CC)(CC)C(C(C)OCC)C1CCNC2CCCCC21. The van der Waals surface area contributed by atoms with Crippen LogP contribution in [-0.4, -0.2) is 25.3 Å². The lowest BCUT2D eigenvalue weighted by molar-refractivity contribution is -0.0883. The van der Waals surface area contributed by atoms with Gasteiger partial charge in [-0.15, -0.1) is 0 Å². The van der Waals surface area contributed by atoms with E-state index in [2.05, 4.69) is 39.9 Å². The van der Waals surface area contributed by atoms with Gasteiger partial charge in [-0.05, 0) is 69.2 Å². The highest BCUT2D eigenvalue weighted by Crippen LogP contribution is 2.52. The molecule has 2 fully saturated rings. The maximum atomic E-state index is 6.35. The summed E-state index contributed by atoms with van der Waals surface area (Å²) in [6.07, 6.45) is 17.1. The van der Waals surface area contributed by atoms with Crippen LogP contribution < -0.4 is 5.32 Å². The van der Waals surface area contributed by atoms with Crippen LogP contribution in [0.15, 0.2) is 0 Å². The molecule has 2 rings (SSSR count). The van der Waals surface area contributed by atoms with Gasteiger partial charge in [0.2, 0.25) is 0 Å². The zero-order valence-corrected chi connectivity index (χ0v) is 19.2. The van der Waals surface area contributed by atoms with Crippen molar-refractivity contribution in [3.05, 3.63) is 0 Å². The molecule has 2 aliphatic rings. The fraction of sp³-hybridized carbons (Fsp3) is 1.00. The van der Waals surface area contributed by atoms with Crippen molar-refractivity contribution in [3.63, 3.8) is 0 Å². The zero-order chi connectivity index (χ0) is 19.7. The Balaban J connectivity index is 2.26. The highest BCUT2D eigenvalue weighted by atomic mass is 16.5. The van der Waals surface area contributed by atoms with Gasteiger partial charge in [-0.3, -0.25) is 0 Å². The molecule has 5 atom stereocenters. The van der Waals surface area contributed by atoms with Crippen LogP contribution in [0, 0.1) is 23.2 Å². The number of piperidine rings is 1. The lowest BCUT2D eigenvalue weighted by Gasteiger charge is -2.53. The van der Waals surface area contributed by atoms with Gasteiger partial charge in [0.05, 0.1) is 6.10 Å². The number of rotatable bonds is 12. The van der Waals surface area contributed by atoms with Crippen LogP contribution in [0.25, 0.3) is 0 Å². The van der Waals surface area contributed by atoms with E-state index in [0.717, 1.165) is 30.4 Å². The van der Waals surface area contributed by atoms with Gasteiger partial charge in [-0.2, -0.15) is 0 Å². The molecule has 0 radical (unpaired) electrons. The number of hydrogen-bond acceptors (Lipinski definition) is 2. The minimum absolute atomic E-state index is 0.395. The topological polar surface area (TPSA) is 21.3 Å². The molecule has 0 spiro atoms. The average Bonchev–Trinajstić information content (AvgIpc) is 2.70. The number of ether oxygens (including phenoxy) is 1. The van der Waals surface area contributed by atoms with Gasteiger partial charge in [-0.1, -0.05) is 72.1 Å². The summed E-state index contributed by atoms with van der Waals surface area (Å²) in [6.45, 7) is 13.9. The third kappa shape index (κ3) is 5.72. The first kappa shape index (κ1) is 23.2. The van der Waals surface area contributed by atoms with Crippen LogP contribution in [0.2, 0.25) is 0 Å². The molecule has 1 N–H and O–H groups in total. The van der Waals surface area contributed by atoms with E-state index in [1.54, 1.807) is 0 Å². The lowest BCUT2D eigenvalue weighted by atomic mass is 9.56. The molecule has 0 amide bonds. The average molecular weight is 380 g/mol. The Hall–Kier alpha value is -0.0800. The fourth-order valence-electron chi connectivity index (χ4n) is 6.83. The maximum absolute atomic E-state index is 6.35. The van der Waals surface area contributed by atoms with Gasteiger partial charge in [0.1, 0.15) is 0 Å². The van der Waals surface area contributed by atoms with E-state index >= 15 is 0 Å². The summed E-state index contributed by atoms with van der Waals surface area (Å²) in [5.41, 5.74) is 0.465. The second kappa shape index (κ2) is 11.8. The Labute approximate surface area is 170 Å². The Morgan fingerprint density at radius 3 is 2.37 bits per heavy atom. The Kier molecular flexibility index (Phi) is 10.1. The molecule has 5 unspecified atom stereocenters. The van der Waals surface area contributed by atoms with Gasteiger partial charge in [-0.25, -0.2) is 0 Å². The highest BCUT2D eigenvalue weighted by Gasteiger charge is 2.48. The van der Waals surface area contributed by atoms with E-state index in [-0.39, 0.29) is 0 Å². The van der Waals surface area contributed by atoms with Gasteiger partial charge < -0.3 is 10.1 Å². The number of unbranched alkanes of at least 4 members (excludes halogenated alkanes) is 3. The first-order valence-electron chi connectivity index (χ1n) is 12.5. The second-order valence-corrected chi connectivity index (χ2v) is 9.53. The molecule has 1 aliphatic heterocycles. The lowest BCUT2D eigenvalue weighted by Crippen LogP contribution is -2.54. The standard InChI is InChI=1S/C25H49NO/c1-6-10-11-14-18-25(7-2,8-3)24(20(5)27-9-4)22-17-19-26-23-16-13-12-15-21(22)23/h20-24,26H,6-19H2,1-5H3. The molecule has 1 aliphatic carbocycles. The normalized spacial score (nSPS) is 28.6. The molecule has 1 saturated heterocycles. The molecule has 0 aromatic heterocycles. The third-order valence-corrected chi connectivity index (χ3v) is 8.29. The minimum atomic E-state index is 0.395. The van der Waals surface area contributed by atoms with E-state index in [1.807, 2.05) is 0 Å². The van der Waals surface area contributed by atoms with E-state index in [1.165, 1.54) is 83.6 Å². The summed E-state index contributed by atoms with van der Waals surface area (Å²) in [7, 11) is 0. The predicted molar refractivity (Wildman–Crippen MR) is 118 cm³/mol. The minimum Gasteiger partial charge on any atom is -0.378 e. The van der Waals surface area contributed by atoms with E-state index in [0.29, 0.717) is 11.5 Å². The summed E-state index contributed by atoms with van der Waals surface area (Å²) in [6, 6.07) is 0.778. The van der Waals surface area contributed by atoms with Crippen LogP contribution in [0.3, 0.4) is 0 Å². The summed E-state index contributed by atoms with van der Waals surface area (Å²) in [4.78, 5) is 0. The molecule has 27 heavy (non-hydrogen) atoms. The first-order chi connectivity index (χ1) is 13.1. The van der Waals surface area contributed by atoms with Crippen molar-refractivity contribution in [1.29, 1.82) is 0 Å². The summed E-state index contributed by atoms with van der Waals surface area (Å²) in [5, 5.41) is 3.88. The van der Waals surface area contributed by atoms with E-state index in [9.17, 15) is 0 Å². The highest BCUT2D eigenvalue weighted by molar-refractivity contribution is 4.99. The Bertz CT molecular complexity index is 390. The van der Waals surface area contributed by atoms with Gasteiger partial charge in [0.25, 0.3) is 0 Å². The number of hydrogen-bond donors (Lipinski definition) is 1. The van der Waals surface area contributed by atoms with Gasteiger partial charge in [0.15, 0.2) is 0 Å². The van der Waals surface area contributed by atoms with E-state index in [4.69, 9.17) is 4.74 Å². The molecule has 0 bridgehead atoms. The van der Waals surface area contributed by atoms with Crippen molar-refractivity contribution in [1.82, 2.24) is 5.32 Å². The molecule has 1 heterocycles. The molecule has 2 heteroatoms. The zero-order valence-electron chi connectivity index (χ0n) is 19.2. The van der Waals surface area contributed by atoms with Crippen LogP contribution in [0.4, 0.5) is 0 Å². The number of nitrogens with one attached hydrogen (secondary N) is 1. The molecule has 1 saturated carbocycles. The fourth-order valence-corrected chi connectivity index (χ4v) is 6.83. The summed E-state index contributed by atoms with van der Waals surface area (Å²) >= 11 is 0.